The second-order valence-corrected chi connectivity index (χ2v) is 7.79. The van der Waals surface area contributed by atoms with Gasteiger partial charge in [-0.15, -0.1) is 0 Å². The number of nitrogens with two attached hydrogens (primary N) is 1. The van der Waals surface area contributed by atoms with Gasteiger partial charge in [0.2, 0.25) is 0 Å². The van der Waals surface area contributed by atoms with Gasteiger partial charge in [-0.2, -0.15) is 5.10 Å². The zero-order valence-electron chi connectivity index (χ0n) is 17.1. The number of amides is 1. The van der Waals surface area contributed by atoms with Crippen molar-refractivity contribution in [2.24, 2.45) is 7.05 Å². The first-order valence-corrected chi connectivity index (χ1v) is 10.1. The van der Waals surface area contributed by atoms with E-state index in [9.17, 15) is 4.79 Å². The van der Waals surface area contributed by atoms with Crippen LogP contribution in [0.25, 0.3) is 27.9 Å². The fraction of sp³-hybridized carbons (Fsp3) is 0.318. The Morgan fingerprint density at radius 3 is 3.00 bits per heavy atom. The predicted octanol–water partition coefficient (Wildman–Crippen LogP) is 2.72. The van der Waals surface area contributed by atoms with Crippen LogP contribution in [0.4, 0.5) is 5.69 Å². The summed E-state index contributed by atoms with van der Waals surface area (Å²) in [5, 5.41) is 5.69. The summed E-state index contributed by atoms with van der Waals surface area (Å²) in [6.07, 6.45) is 5.64. The van der Waals surface area contributed by atoms with Crippen molar-refractivity contribution in [3.05, 3.63) is 48.3 Å². The van der Waals surface area contributed by atoms with E-state index in [2.05, 4.69) is 4.98 Å². The Bertz CT molecular complexity index is 1260. The lowest BCUT2D eigenvalue weighted by Crippen LogP contribution is -2.38. The maximum atomic E-state index is 13.1. The number of nitrogens with zero attached hydrogens (tertiary/aromatic N) is 5. The number of aromatic nitrogens is 4. The number of anilines is 1. The van der Waals surface area contributed by atoms with Crippen LogP contribution >= 0.6 is 0 Å². The molecular weight excluding hydrogens is 380 g/mol. The number of pyridine rings is 1. The second kappa shape index (κ2) is 7.14. The van der Waals surface area contributed by atoms with Crippen molar-refractivity contribution in [3.8, 4) is 11.4 Å². The van der Waals surface area contributed by atoms with Crippen LogP contribution in [-0.4, -0.2) is 56.3 Å². The number of aryl methyl sites for hydroxylation is 1. The molecule has 3 aromatic heterocycles. The zero-order valence-corrected chi connectivity index (χ0v) is 17.1. The lowest BCUT2D eigenvalue weighted by molar-refractivity contribution is 0.0631. The average molecular weight is 404 g/mol. The summed E-state index contributed by atoms with van der Waals surface area (Å²) < 4.78 is 9.04. The minimum Gasteiger partial charge on any atom is -0.398 e. The fourth-order valence-electron chi connectivity index (χ4n) is 4.39. The van der Waals surface area contributed by atoms with Gasteiger partial charge in [-0.25, -0.2) is 4.98 Å². The number of hydrogen-bond acceptors (Lipinski definition) is 5. The molecule has 0 aliphatic carbocycles. The molecule has 1 amide bonds. The number of rotatable bonds is 4. The summed E-state index contributed by atoms with van der Waals surface area (Å²) in [4.78, 5) is 19.5. The van der Waals surface area contributed by atoms with Gasteiger partial charge in [0.05, 0.1) is 30.1 Å². The SMILES string of the molecule is COC[C@H]1CCCN1C(=O)c1ccc2c(-c3cnc4ccc(N)cn34)nn(C)c2c1. The Morgan fingerprint density at radius 2 is 2.17 bits per heavy atom. The molecule has 2 N–H and O–H groups in total. The first-order valence-electron chi connectivity index (χ1n) is 10.1. The van der Waals surface area contributed by atoms with E-state index >= 15 is 0 Å². The molecular formula is C22H24N6O2. The van der Waals surface area contributed by atoms with Gasteiger partial charge in [0.25, 0.3) is 5.91 Å². The molecule has 154 valence electrons. The molecule has 1 aromatic carbocycles. The molecule has 1 fully saturated rings. The highest BCUT2D eigenvalue weighted by Gasteiger charge is 2.29. The minimum absolute atomic E-state index is 0.0433. The number of imidazole rings is 1. The Kier molecular flexibility index (Phi) is 4.43. The van der Waals surface area contributed by atoms with Crippen LogP contribution in [0.1, 0.15) is 23.2 Å². The topological polar surface area (TPSA) is 90.7 Å². The van der Waals surface area contributed by atoms with Crippen LogP contribution in [0.3, 0.4) is 0 Å². The standard InChI is InChI=1S/C22H24N6O2/c1-26-18-10-14(22(29)27-9-3-4-16(27)13-30-2)5-7-17(18)21(25-26)19-11-24-20-8-6-15(23)12-28(19)20/h5-8,10-12,16H,3-4,9,13,23H2,1-2H3/t16-/m1/s1. The lowest BCUT2D eigenvalue weighted by atomic mass is 10.1. The summed E-state index contributed by atoms with van der Waals surface area (Å²) in [5.41, 5.74) is 10.7. The molecule has 1 aliphatic rings. The van der Waals surface area contributed by atoms with Crippen LogP contribution in [0.15, 0.2) is 42.7 Å². The third-order valence-corrected chi connectivity index (χ3v) is 5.87. The van der Waals surface area contributed by atoms with Crippen LogP contribution in [0.2, 0.25) is 0 Å². The van der Waals surface area contributed by atoms with Crippen LogP contribution in [0.5, 0.6) is 0 Å². The van der Waals surface area contributed by atoms with Crippen molar-refractivity contribution in [2.75, 3.05) is 26.0 Å². The quantitative estimate of drug-likeness (QED) is 0.565. The first kappa shape index (κ1) is 18.6. The molecule has 0 saturated carbocycles. The molecule has 8 nitrogen and oxygen atoms in total. The van der Waals surface area contributed by atoms with E-state index in [-0.39, 0.29) is 11.9 Å². The Balaban J connectivity index is 1.56. The number of methoxy groups -OCH3 is 1. The third kappa shape index (κ3) is 2.91. The largest absolute Gasteiger partial charge is 0.398 e. The molecule has 5 rings (SSSR count). The second-order valence-electron chi connectivity index (χ2n) is 7.79. The summed E-state index contributed by atoms with van der Waals surface area (Å²) >= 11 is 0. The molecule has 0 radical (unpaired) electrons. The molecule has 4 heterocycles. The van der Waals surface area contributed by atoms with Gasteiger partial charge in [0.1, 0.15) is 11.3 Å². The van der Waals surface area contributed by atoms with Gasteiger partial charge in [0.15, 0.2) is 0 Å². The van der Waals surface area contributed by atoms with Crippen LogP contribution < -0.4 is 5.73 Å². The molecule has 1 aliphatic heterocycles. The highest BCUT2D eigenvalue weighted by Crippen LogP contribution is 2.30. The van der Waals surface area contributed by atoms with Crippen molar-refractivity contribution < 1.29 is 9.53 Å². The van der Waals surface area contributed by atoms with Crippen molar-refractivity contribution in [1.29, 1.82) is 0 Å². The molecule has 1 saturated heterocycles. The molecule has 1 atom stereocenters. The number of nitrogen functional groups attached to an aromatic ring is 1. The number of carbonyl (C=O) groups is 1. The van der Waals surface area contributed by atoms with Crippen molar-refractivity contribution in [3.63, 3.8) is 0 Å². The summed E-state index contributed by atoms with van der Waals surface area (Å²) in [6, 6.07) is 9.63. The maximum Gasteiger partial charge on any atom is 0.254 e. The highest BCUT2D eigenvalue weighted by molar-refractivity contribution is 6.01. The molecule has 0 bridgehead atoms. The van der Waals surface area contributed by atoms with Gasteiger partial charge in [0, 0.05) is 43.5 Å². The van der Waals surface area contributed by atoms with E-state index < -0.39 is 0 Å². The van der Waals surface area contributed by atoms with Crippen molar-refractivity contribution in [2.45, 2.75) is 18.9 Å². The number of fused-ring (bicyclic) bond motifs is 2. The average Bonchev–Trinajstić information content (AvgIpc) is 3.45. The molecule has 8 heteroatoms. The van der Waals surface area contributed by atoms with E-state index in [1.165, 1.54) is 0 Å². The van der Waals surface area contributed by atoms with Gasteiger partial charge in [-0.05, 0) is 43.2 Å². The first-order chi connectivity index (χ1) is 14.6. The van der Waals surface area contributed by atoms with E-state index in [4.69, 9.17) is 15.6 Å². The van der Waals surface area contributed by atoms with E-state index in [0.717, 1.165) is 47.3 Å². The van der Waals surface area contributed by atoms with Crippen molar-refractivity contribution >= 4 is 28.1 Å². The number of likely N-dealkylation sites (tertiary alicyclic amines) is 1. The smallest absolute Gasteiger partial charge is 0.254 e. The van der Waals surface area contributed by atoms with Gasteiger partial charge in [-0.1, -0.05) is 0 Å². The predicted molar refractivity (Wildman–Crippen MR) is 115 cm³/mol. The molecule has 0 unspecified atom stereocenters. The zero-order chi connectivity index (χ0) is 20.8. The maximum absolute atomic E-state index is 13.1. The Labute approximate surface area is 173 Å². The summed E-state index contributed by atoms with van der Waals surface area (Å²) in [7, 11) is 3.57. The Hall–Kier alpha value is -3.39. The van der Waals surface area contributed by atoms with Crippen molar-refractivity contribution in [1.82, 2.24) is 24.1 Å². The number of benzene rings is 1. The number of carbonyl (C=O) groups excluding carboxylic acids is 1. The van der Waals surface area contributed by atoms with Crippen LogP contribution in [-0.2, 0) is 11.8 Å². The highest BCUT2D eigenvalue weighted by atomic mass is 16.5. The monoisotopic (exact) mass is 404 g/mol. The minimum atomic E-state index is 0.0433. The normalized spacial score (nSPS) is 16.7. The van der Waals surface area contributed by atoms with E-state index in [1.807, 2.05) is 57.6 Å². The number of ether oxygens (including phenoxy) is 1. The third-order valence-electron chi connectivity index (χ3n) is 5.87. The molecule has 30 heavy (non-hydrogen) atoms. The summed E-state index contributed by atoms with van der Waals surface area (Å²) in [5.74, 6) is 0.0433. The molecule has 4 aromatic rings. The van der Waals surface area contributed by atoms with E-state index in [1.54, 1.807) is 13.3 Å². The van der Waals surface area contributed by atoms with Gasteiger partial charge >= 0.3 is 0 Å². The number of hydrogen-bond donors (Lipinski definition) is 1. The van der Waals surface area contributed by atoms with Crippen LogP contribution in [0, 0.1) is 0 Å². The van der Waals surface area contributed by atoms with Gasteiger partial charge < -0.3 is 15.4 Å². The lowest BCUT2D eigenvalue weighted by Gasteiger charge is -2.24. The van der Waals surface area contributed by atoms with Gasteiger partial charge in [-0.3, -0.25) is 13.9 Å². The summed E-state index contributed by atoms with van der Waals surface area (Å²) in [6.45, 7) is 1.34. The molecule has 0 spiro atoms. The Morgan fingerprint density at radius 1 is 1.30 bits per heavy atom. The van der Waals surface area contributed by atoms with E-state index in [0.29, 0.717) is 17.9 Å². The fourth-order valence-corrected chi connectivity index (χ4v) is 4.39.